The van der Waals surface area contributed by atoms with E-state index < -0.39 is 6.10 Å². The molecule has 1 N–H and O–H groups in total. The van der Waals surface area contributed by atoms with Crippen molar-refractivity contribution < 1.29 is 14.3 Å². The minimum atomic E-state index is -0.545. The average molecular weight is 313 g/mol. The van der Waals surface area contributed by atoms with Crippen molar-refractivity contribution in [2.24, 2.45) is 0 Å². The van der Waals surface area contributed by atoms with Gasteiger partial charge in [0, 0.05) is 6.54 Å². The number of hydrogen-bond donors (Lipinski definition) is 1. The first kappa shape index (κ1) is 16.9. The maximum absolute atomic E-state index is 12.3. The van der Waals surface area contributed by atoms with Gasteiger partial charge in [0.2, 0.25) is 0 Å². The third kappa shape index (κ3) is 4.74. The monoisotopic (exact) mass is 313 g/mol. The molecule has 4 heteroatoms. The normalized spacial score (nSPS) is 11.6. The number of aryl methyl sites for hydroxylation is 1. The van der Waals surface area contributed by atoms with Gasteiger partial charge in [0.1, 0.15) is 0 Å². The predicted octanol–water partition coefficient (Wildman–Crippen LogP) is 3.48. The number of benzene rings is 2. The molecule has 0 aliphatic carbocycles. The Kier molecular flexibility index (Phi) is 6.03. The second-order valence-electron chi connectivity index (χ2n) is 5.37. The lowest BCUT2D eigenvalue weighted by molar-refractivity contribution is -0.128. The number of amides is 1. The van der Waals surface area contributed by atoms with Crippen LogP contribution in [0.3, 0.4) is 0 Å². The Morgan fingerprint density at radius 3 is 2.35 bits per heavy atom. The van der Waals surface area contributed by atoms with Crippen molar-refractivity contribution in [1.82, 2.24) is 5.32 Å². The quantitative estimate of drug-likeness (QED) is 0.851. The average Bonchev–Trinajstić information content (AvgIpc) is 2.59. The van der Waals surface area contributed by atoms with Crippen LogP contribution < -0.4 is 14.8 Å². The minimum absolute atomic E-state index is 0.126. The lowest BCUT2D eigenvalue weighted by atomic mass is 10.1. The van der Waals surface area contributed by atoms with Crippen molar-refractivity contribution in [3.63, 3.8) is 0 Å². The van der Waals surface area contributed by atoms with Gasteiger partial charge in [-0.05, 0) is 31.0 Å². The van der Waals surface area contributed by atoms with Crippen LogP contribution in [0.25, 0.3) is 0 Å². The van der Waals surface area contributed by atoms with E-state index in [0.717, 1.165) is 5.56 Å². The summed E-state index contributed by atoms with van der Waals surface area (Å²) in [5.41, 5.74) is 2.27. The number of rotatable bonds is 7. The molecule has 0 radical (unpaired) electrons. The summed E-state index contributed by atoms with van der Waals surface area (Å²) in [6.45, 7) is 4.45. The van der Waals surface area contributed by atoms with Crippen LogP contribution in [0.4, 0.5) is 0 Å². The third-order valence-corrected chi connectivity index (χ3v) is 3.59. The number of para-hydroxylation sites is 2. The van der Waals surface area contributed by atoms with E-state index in [1.807, 2.05) is 56.3 Å². The molecule has 2 aromatic carbocycles. The molecule has 0 aliphatic rings. The molecule has 0 aliphatic heterocycles. The third-order valence-electron chi connectivity index (χ3n) is 3.59. The maximum atomic E-state index is 12.3. The van der Waals surface area contributed by atoms with Crippen LogP contribution in [-0.2, 0) is 11.3 Å². The molecule has 0 unspecified atom stereocenters. The molecule has 23 heavy (non-hydrogen) atoms. The Labute approximate surface area is 137 Å². The Balaban J connectivity index is 1.96. The number of carbonyl (C=O) groups excluding carboxylic acids is 1. The highest BCUT2D eigenvalue weighted by atomic mass is 16.5. The van der Waals surface area contributed by atoms with E-state index in [9.17, 15) is 4.79 Å². The predicted molar refractivity (Wildman–Crippen MR) is 90.7 cm³/mol. The van der Waals surface area contributed by atoms with Crippen molar-refractivity contribution >= 4 is 5.91 Å². The summed E-state index contributed by atoms with van der Waals surface area (Å²) in [5, 5.41) is 2.92. The molecule has 0 bridgehead atoms. The van der Waals surface area contributed by atoms with Crippen molar-refractivity contribution in [2.45, 2.75) is 32.9 Å². The molecule has 0 saturated heterocycles. The van der Waals surface area contributed by atoms with Gasteiger partial charge < -0.3 is 14.8 Å². The Hall–Kier alpha value is -2.49. The summed E-state index contributed by atoms with van der Waals surface area (Å²) in [7, 11) is 1.58. The largest absolute Gasteiger partial charge is 0.493 e. The molecule has 0 fully saturated rings. The smallest absolute Gasteiger partial charge is 0.261 e. The van der Waals surface area contributed by atoms with Crippen LogP contribution in [-0.4, -0.2) is 19.1 Å². The SMILES string of the molecule is CC[C@@H](Oc1ccccc1OC)C(=O)NCc1ccc(C)cc1. The molecule has 122 valence electrons. The van der Waals surface area contributed by atoms with Gasteiger partial charge in [0.25, 0.3) is 5.91 Å². The van der Waals surface area contributed by atoms with E-state index in [0.29, 0.717) is 24.5 Å². The summed E-state index contributed by atoms with van der Waals surface area (Å²) in [6, 6.07) is 15.4. The number of hydrogen-bond acceptors (Lipinski definition) is 3. The van der Waals surface area contributed by atoms with Gasteiger partial charge in [-0.1, -0.05) is 48.9 Å². The fourth-order valence-corrected chi connectivity index (χ4v) is 2.20. The Morgan fingerprint density at radius 2 is 1.74 bits per heavy atom. The van der Waals surface area contributed by atoms with Gasteiger partial charge in [-0.3, -0.25) is 4.79 Å². The van der Waals surface area contributed by atoms with Crippen molar-refractivity contribution in [3.8, 4) is 11.5 Å². The zero-order valence-corrected chi connectivity index (χ0v) is 13.8. The molecule has 2 rings (SSSR count). The molecule has 0 heterocycles. The number of ether oxygens (including phenoxy) is 2. The van der Waals surface area contributed by atoms with Crippen LogP contribution in [0.15, 0.2) is 48.5 Å². The molecule has 2 aromatic rings. The summed E-state index contributed by atoms with van der Waals surface area (Å²) in [6.07, 6.45) is 0.0365. The van der Waals surface area contributed by atoms with Crippen molar-refractivity contribution in [1.29, 1.82) is 0 Å². The summed E-state index contributed by atoms with van der Waals surface area (Å²) >= 11 is 0. The van der Waals surface area contributed by atoms with Gasteiger partial charge >= 0.3 is 0 Å². The van der Waals surface area contributed by atoms with Crippen molar-refractivity contribution in [2.75, 3.05) is 7.11 Å². The summed E-state index contributed by atoms with van der Waals surface area (Å²) in [5.74, 6) is 1.07. The summed E-state index contributed by atoms with van der Waals surface area (Å²) in [4.78, 5) is 12.3. The second-order valence-corrected chi connectivity index (χ2v) is 5.37. The maximum Gasteiger partial charge on any atom is 0.261 e. The standard InChI is InChI=1S/C19H23NO3/c1-4-16(23-18-8-6-5-7-17(18)22-3)19(21)20-13-15-11-9-14(2)10-12-15/h5-12,16H,4,13H2,1-3H3,(H,20,21)/t16-/m1/s1. The van der Waals surface area contributed by atoms with Gasteiger partial charge in [0.15, 0.2) is 17.6 Å². The van der Waals surface area contributed by atoms with Gasteiger partial charge in [-0.15, -0.1) is 0 Å². The molecule has 1 amide bonds. The fraction of sp³-hybridized carbons (Fsp3) is 0.316. The first-order valence-electron chi connectivity index (χ1n) is 7.77. The fourth-order valence-electron chi connectivity index (χ4n) is 2.20. The topological polar surface area (TPSA) is 47.6 Å². The van der Waals surface area contributed by atoms with E-state index in [1.54, 1.807) is 13.2 Å². The number of methoxy groups -OCH3 is 1. The highest BCUT2D eigenvalue weighted by molar-refractivity contribution is 5.81. The second kappa shape index (κ2) is 8.22. The summed E-state index contributed by atoms with van der Waals surface area (Å²) < 4.78 is 11.1. The van der Waals surface area contributed by atoms with E-state index in [-0.39, 0.29) is 5.91 Å². The van der Waals surface area contributed by atoms with Crippen LogP contribution >= 0.6 is 0 Å². The van der Waals surface area contributed by atoms with E-state index in [4.69, 9.17) is 9.47 Å². The van der Waals surface area contributed by atoms with Crippen LogP contribution in [0, 0.1) is 6.92 Å². The number of nitrogens with one attached hydrogen (secondary N) is 1. The molecule has 0 spiro atoms. The van der Waals surface area contributed by atoms with Crippen LogP contribution in [0.1, 0.15) is 24.5 Å². The Bertz CT molecular complexity index is 637. The van der Waals surface area contributed by atoms with Crippen molar-refractivity contribution in [3.05, 3.63) is 59.7 Å². The first-order valence-corrected chi connectivity index (χ1v) is 7.77. The van der Waals surface area contributed by atoms with Crippen LogP contribution in [0.2, 0.25) is 0 Å². The van der Waals surface area contributed by atoms with E-state index in [1.165, 1.54) is 5.56 Å². The molecular weight excluding hydrogens is 290 g/mol. The molecule has 1 atom stereocenters. The lowest BCUT2D eigenvalue weighted by Crippen LogP contribution is -2.37. The highest BCUT2D eigenvalue weighted by Gasteiger charge is 2.19. The zero-order valence-electron chi connectivity index (χ0n) is 13.8. The first-order chi connectivity index (χ1) is 11.1. The van der Waals surface area contributed by atoms with E-state index in [2.05, 4.69) is 5.32 Å². The Morgan fingerprint density at radius 1 is 1.09 bits per heavy atom. The minimum Gasteiger partial charge on any atom is -0.493 e. The van der Waals surface area contributed by atoms with E-state index >= 15 is 0 Å². The van der Waals surface area contributed by atoms with Gasteiger partial charge in [0.05, 0.1) is 7.11 Å². The van der Waals surface area contributed by atoms with Gasteiger partial charge in [-0.2, -0.15) is 0 Å². The molecule has 0 saturated carbocycles. The zero-order chi connectivity index (χ0) is 16.7. The molecule has 4 nitrogen and oxygen atoms in total. The van der Waals surface area contributed by atoms with Crippen LogP contribution in [0.5, 0.6) is 11.5 Å². The highest BCUT2D eigenvalue weighted by Crippen LogP contribution is 2.27. The molecular formula is C19H23NO3. The lowest BCUT2D eigenvalue weighted by Gasteiger charge is -2.18. The van der Waals surface area contributed by atoms with Gasteiger partial charge in [-0.25, -0.2) is 0 Å². The number of carbonyl (C=O) groups is 1. The molecule has 0 aromatic heterocycles.